The van der Waals surface area contributed by atoms with Crippen LogP contribution in [-0.4, -0.2) is 44.2 Å². The van der Waals surface area contributed by atoms with E-state index in [0.29, 0.717) is 5.56 Å². The van der Waals surface area contributed by atoms with Crippen molar-refractivity contribution in [1.29, 1.82) is 0 Å². The molecule has 0 saturated heterocycles. The van der Waals surface area contributed by atoms with Gasteiger partial charge in [-0.2, -0.15) is 4.31 Å². The Morgan fingerprint density at radius 2 is 1.65 bits per heavy atom. The fourth-order valence-corrected chi connectivity index (χ4v) is 5.61. The normalized spacial score (nSPS) is 12.4. The van der Waals surface area contributed by atoms with Gasteiger partial charge in [-0.3, -0.25) is 4.79 Å². The number of nitrogens with zero attached hydrogens (tertiary/aromatic N) is 1. The summed E-state index contributed by atoms with van der Waals surface area (Å²) in [6.45, 7) is 3.24. The zero-order valence-electron chi connectivity index (χ0n) is 18.9. The molecule has 0 bridgehead atoms. The van der Waals surface area contributed by atoms with Crippen LogP contribution >= 0.6 is 0 Å². The van der Waals surface area contributed by atoms with Crippen LogP contribution in [0.4, 0.5) is 4.39 Å². The molecule has 0 aliphatic heterocycles. The van der Waals surface area contributed by atoms with Gasteiger partial charge in [0.2, 0.25) is 10.0 Å². The molecule has 0 heterocycles. The van der Waals surface area contributed by atoms with Crippen LogP contribution in [0.3, 0.4) is 0 Å². The predicted octanol–water partition coefficient (Wildman–Crippen LogP) is 4.47. The molecular formula is C26H24FNO5S. The molecule has 0 radical (unpaired) electrons. The topological polar surface area (TPSA) is 80.8 Å². The maximum absolute atomic E-state index is 14.3. The highest BCUT2D eigenvalue weighted by atomic mass is 32.2. The van der Waals surface area contributed by atoms with Gasteiger partial charge in [-0.25, -0.2) is 17.6 Å². The quantitative estimate of drug-likeness (QED) is 0.274. The number of hydrogen-bond donors (Lipinski definition) is 0. The summed E-state index contributed by atoms with van der Waals surface area (Å²) in [7, 11) is -3.89. The molecule has 176 valence electrons. The van der Waals surface area contributed by atoms with E-state index >= 15 is 0 Å². The molecule has 0 aromatic heterocycles. The standard InChI is InChI=1S/C26H24FNO5S/c1-3-28(4-2)34(31,32)20-11-12-24(27)23(15-20)26(30)33-16-25(29)19-10-9-18-13-17-7-5-6-8-21(17)22(18)14-19/h5-12,14-15H,3-4,13,16H2,1-2H3. The molecule has 34 heavy (non-hydrogen) atoms. The number of ketones is 1. The minimum absolute atomic E-state index is 0.215. The molecular weight excluding hydrogens is 457 g/mol. The number of esters is 1. The lowest BCUT2D eigenvalue weighted by Crippen LogP contribution is -2.30. The van der Waals surface area contributed by atoms with Crippen LogP contribution in [0.15, 0.2) is 65.6 Å². The average Bonchev–Trinajstić information content (AvgIpc) is 3.21. The number of rotatable bonds is 8. The highest BCUT2D eigenvalue weighted by Gasteiger charge is 2.25. The number of carbonyl (C=O) groups excluding carboxylic acids is 2. The van der Waals surface area contributed by atoms with Crippen LogP contribution in [0.1, 0.15) is 45.7 Å². The first-order chi connectivity index (χ1) is 16.3. The summed E-state index contributed by atoms with van der Waals surface area (Å²) >= 11 is 0. The summed E-state index contributed by atoms with van der Waals surface area (Å²) in [6.07, 6.45) is 0.793. The van der Waals surface area contributed by atoms with E-state index in [0.717, 1.165) is 41.3 Å². The second kappa shape index (κ2) is 9.48. The maximum atomic E-state index is 14.3. The Kier molecular flexibility index (Phi) is 6.63. The largest absolute Gasteiger partial charge is 0.454 e. The zero-order valence-corrected chi connectivity index (χ0v) is 19.7. The molecule has 4 rings (SSSR count). The van der Waals surface area contributed by atoms with E-state index in [9.17, 15) is 22.4 Å². The van der Waals surface area contributed by atoms with E-state index in [2.05, 4.69) is 0 Å². The van der Waals surface area contributed by atoms with Crippen molar-refractivity contribution in [1.82, 2.24) is 4.31 Å². The van der Waals surface area contributed by atoms with Gasteiger partial charge in [0.15, 0.2) is 12.4 Å². The van der Waals surface area contributed by atoms with E-state index in [1.165, 1.54) is 9.87 Å². The lowest BCUT2D eigenvalue weighted by Gasteiger charge is -2.18. The maximum Gasteiger partial charge on any atom is 0.341 e. The predicted molar refractivity (Wildman–Crippen MR) is 126 cm³/mol. The molecule has 0 N–H and O–H groups in total. The van der Waals surface area contributed by atoms with Crippen molar-refractivity contribution in [3.05, 3.63) is 88.7 Å². The van der Waals surface area contributed by atoms with Gasteiger partial charge >= 0.3 is 5.97 Å². The molecule has 1 aliphatic rings. The fraction of sp³-hybridized carbons (Fsp3) is 0.231. The minimum atomic E-state index is -3.89. The van der Waals surface area contributed by atoms with Crippen LogP contribution in [-0.2, 0) is 21.2 Å². The number of ether oxygens (including phenoxy) is 1. The second-order valence-corrected chi connectivity index (χ2v) is 9.87. The molecule has 0 fully saturated rings. The van der Waals surface area contributed by atoms with Gasteiger partial charge in [-0.15, -0.1) is 0 Å². The molecule has 0 unspecified atom stereocenters. The summed E-state index contributed by atoms with van der Waals surface area (Å²) in [5, 5.41) is 0. The number of carbonyl (C=O) groups is 2. The van der Waals surface area contributed by atoms with Crippen molar-refractivity contribution < 1.29 is 27.1 Å². The van der Waals surface area contributed by atoms with Crippen LogP contribution in [0.25, 0.3) is 11.1 Å². The third kappa shape index (κ3) is 4.38. The fourth-order valence-electron chi connectivity index (χ4n) is 4.12. The van der Waals surface area contributed by atoms with Crippen molar-refractivity contribution in [2.24, 2.45) is 0 Å². The third-order valence-corrected chi connectivity index (χ3v) is 8.00. The smallest absolute Gasteiger partial charge is 0.341 e. The van der Waals surface area contributed by atoms with Gasteiger partial charge in [0.1, 0.15) is 5.82 Å². The summed E-state index contributed by atoms with van der Waals surface area (Å²) in [5.74, 6) is -2.47. The second-order valence-electron chi connectivity index (χ2n) is 7.94. The number of halogens is 1. The van der Waals surface area contributed by atoms with Crippen molar-refractivity contribution in [3.63, 3.8) is 0 Å². The van der Waals surface area contributed by atoms with Crippen LogP contribution in [0, 0.1) is 5.82 Å². The first kappa shape index (κ1) is 23.8. The Hall–Kier alpha value is -3.36. The molecule has 0 saturated carbocycles. The van der Waals surface area contributed by atoms with Gasteiger partial charge in [0.25, 0.3) is 0 Å². The Balaban J connectivity index is 1.50. The summed E-state index contributed by atoms with van der Waals surface area (Å²) in [5.41, 5.74) is 4.17. The number of fused-ring (bicyclic) bond motifs is 3. The molecule has 0 atom stereocenters. The van der Waals surface area contributed by atoms with Gasteiger partial charge in [0, 0.05) is 18.7 Å². The first-order valence-electron chi connectivity index (χ1n) is 11.0. The number of benzene rings is 3. The third-order valence-electron chi connectivity index (χ3n) is 5.96. The lowest BCUT2D eigenvalue weighted by atomic mass is 10.0. The van der Waals surface area contributed by atoms with Gasteiger partial charge in [0.05, 0.1) is 10.5 Å². The van der Waals surface area contributed by atoms with Crippen molar-refractivity contribution in [3.8, 4) is 11.1 Å². The SMILES string of the molecule is CCN(CC)S(=O)(=O)c1ccc(F)c(C(=O)OCC(=O)c2ccc3c(c2)-c2ccccc2C3)c1. The number of sulfonamides is 1. The molecule has 8 heteroatoms. The van der Waals surface area contributed by atoms with E-state index < -0.39 is 39.8 Å². The summed E-state index contributed by atoms with van der Waals surface area (Å²) in [6, 6.07) is 16.2. The average molecular weight is 482 g/mol. The van der Waals surface area contributed by atoms with Crippen LogP contribution in [0.5, 0.6) is 0 Å². The van der Waals surface area contributed by atoms with Gasteiger partial charge < -0.3 is 4.74 Å². The molecule has 3 aromatic carbocycles. The van der Waals surface area contributed by atoms with Crippen LogP contribution in [0.2, 0.25) is 0 Å². The Bertz CT molecular complexity index is 1380. The van der Waals surface area contributed by atoms with Crippen molar-refractivity contribution in [2.45, 2.75) is 25.2 Å². The lowest BCUT2D eigenvalue weighted by molar-refractivity contribution is 0.0470. The molecule has 6 nitrogen and oxygen atoms in total. The minimum Gasteiger partial charge on any atom is -0.454 e. The monoisotopic (exact) mass is 481 g/mol. The van der Waals surface area contributed by atoms with Crippen molar-refractivity contribution in [2.75, 3.05) is 19.7 Å². The van der Waals surface area contributed by atoms with Gasteiger partial charge in [-0.05, 0) is 52.9 Å². The van der Waals surface area contributed by atoms with Crippen LogP contribution < -0.4 is 0 Å². The Morgan fingerprint density at radius 3 is 2.38 bits per heavy atom. The zero-order chi connectivity index (χ0) is 24.5. The van der Waals surface area contributed by atoms with Gasteiger partial charge in [-0.1, -0.05) is 50.2 Å². The molecule has 0 spiro atoms. The molecule has 3 aromatic rings. The van der Waals surface area contributed by atoms with E-state index in [1.54, 1.807) is 26.0 Å². The highest BCUT2D eigenvalue weighted by Crippen LogP contribution is 2.36. The Morgan fingerprint density at radius 1 is 0.941 bits per heavy atom. The molecule has 1 aliphatic carbocycles. The summed E-state index contributed by atoms with van der Waals surface area (Å²) in [4.78, 5) is 25.0. The summed E-state index contributed by atoms with van der Waals surface area (Å²) < 4.78 is 46.0. The number of hydrogen-bond acceptors (Lipinski definition) is 5. The first-order valence-corrected chi connectivity index (χ1v) is 12.4. The van der Waals surface area contributed by atoms with Crippen molar-refractivity contribution >= 4 is 21.8 Å². The van der Waals surface area contributed by atoms with E-state index in [1.807, 2.05) is 30.3 Å². The molecule has 0 amide bonds. The highest BCUT2D eigenvalue weighted by molar-refractivity contribution is 7.89. The number of Topliss-reactive ketones (excluding diaryl/α,β-unsaturated/α-hetero) is 1. The Labute approximate surface area is 198 Å². The van der Waals surface area contributed by atoms with E-state index in [-0.39, 0.29) is 18.0 Å². The van der Waals surface area contributed by atoms with E-state index in [4.69, 9.17) is 4.74 Å².